The molecule has 5 amide bonds. The number of carbonyl (C=O) groups excluding carboxylic acids is 5. The second-order valence-corrected chi connectivity index (χ2v) is 23.2. The van der Waals surface area contributed by atoms with Gasteiger partial charge in [0.25, 0.3) is 11.8 Å². The Morgan fingerprint density at radius 2 is 1.84 bits per heavy atom. The molecule has 19 nitrogen and oxygen atoms in total. The maximum atomic E-state index is 14.9. The summed E-state index contributed by atoms with van der Waals surface area (Å²) in [5, 5.41) is 19.6. The van der Waals surface area contributed by atoms with E-state index in [4.69, 9.17) is 24.2 Å². The molecule has 6 bridgehead atoms. The molecule has 1 aromatic carbocycles. The van der Waals surface area contributed by atoms with E-state index >= 15 is 0 Å². The number of rotatable bonds is 9. The van der Waals surface area contributed by atoms with Gasteiger partial charge >= 0.3 is 12.0 Å². The number of nitrogens with zero attached hydrogens (tertiary/aromatic N) is 8. The highest BCUT2D eigenvalue weighted by Crippen LogP contribution is 2.42. The lowest BCUT2D eigenvalue weighted by Gasteiger charge is -2.57. The second kappa shape index (κ2) is 21.6. The highest BCUT2D eigenvalue weighted by Gasteiger charge is 2.55. The number of fused-ring (bicyclic) bond motifs is 6. The molecule has 0 radical (unpaired) electrons. The van der Waals surface area contributed by atoms with Gasteiger partial charge in [-0.1, -0.05) is 39.7 Å². The van der Waals surface area contributed by atoms with E-state index in [0.717, 1.165) is 39.0 Å². The SMILES string of the molecule is CCn1c(-c2cccnc2[C@H](C)OC)c2c3cc(ccc31)-c1csc(n1)C[C@H](NC(=O)[C@H](C(C)C)N(C)C(=O)N1CCCOC13CN(C(=O)C#CC(C)(C)N(C)C)C3)C(=O)N1CCC[C@@](O)(N1)C(=O)OCC(C)(C)C2. The number of hydrogen-bond donors (Lipinski definition) is 3. The van der Waals surface area contributed by atoms with Gasteiger partial charge in [0.05, 0.1) is 60.0 Å². The first kappa shape index (κ1) is 55.3. The molecule has 75 heavy (non-hydrogen) atoms. The van der Waals surface area contributed by atoms with Gasteiger partial charge in [-0.05, 0) is 103 Å². The number of esters is 1. The van der Waals surface area contributed by atoms with E-state index in [1.54, 1.807) is 30.2 Å². The summed E-state index contributed by atoms with van der Waals surface area (Å²) in [5.41, 5.74) is 4.51. The van der Waals surface area contributed by atoms with Crippen molar-refractivity contribution in [3.8, 4) is 34.4 Å². The number of aryl methyl sites for hydroxylation is 1. The van der Waals surface area contributed by atoms with Gasteiger partial charge in [0.2, 0.25) is 11.6 Å². The molecule has 3 N–H and O–H groups in total. The Labute approximate surface area is 444 Å². The van der Waals surface area contributed by atoms with E-state index in [-0.39, 0.29) is 57.5 Å². The molecule has 3 saturated heterocycles. The minimum atomic E-state index is -2.26. The van der Waals surface area contributed by atoms with E-state index in [0.29, 0.717) is 43.2 Å². The first-order valence-corrected chi connectivity index (χ1v) is 26.9. The van der Waals surface area contributed by atoms with Crippen LogP contribution in [0.4, 0.5) is 4.79 Å². The second-order valence-electron chi connectivity index (χ2n) is 22.2. The number of urea groups is 1. The van der Waals surface area contributed by atoms with E-state index in [2.05, 4.69) is 52.3 Å². The number of nitrogens with one attached hydrogen (secondary N) is 2. The Hall–Kier alpha value is -5.95. The molecular formula is C55H74N10O9S. The third-order valence-corrected chi connectivity index (χ3v) is 16.1. The highest BCUT2D eigenvalue weighted by molar-refractivity contribution is 7.10. The van der Waals surface area contributed by atoms with Crippen molar-refractivity contribution in [2.75, 3.05) is 67.6 Å². The number of likely N-dealkylation sites (tertiary alicyclic amines) is 1. The fourth-order valence-corrected chi connectivity index (χ4v) is 11.3. The molecular weight excluding hydrogens is 977 g/mol. The van der Waals surface area contributed by atoms with Crippen LogP contribution in [0, 0.1) is 23.2 Å². The third kappa shape index (κ3) is 11.0. The van der Waals surface area contributed by atoms with Crippen LogP contribution in [0.5, 0.6) is 0 Å². The summed E-state index contributed by atoms with van der Waals surface area (Å²) in [6.45, 7) is 17.3. The zero-order chi connectivity index (χ0) is 54.4. The zero-order valence-corrected chi connectivity index (χ0v) is 46.4. The summed E-state index contributed by atoms with van der Waals surface area (Å²) >= 11 is 1.35. The smallest absolute Gasteiger partial charge is 0.355 e. The van der Waals surface area contributed by atoms with Gasteiger partial charge in [-0.2, -0.15) is 5.43 Å². The summed E-state index contributed by atoms with van der Waals surface area (Å²) in [7, 11) is 7.00. The number of hydrogen-bond acceptors (Lipinski definition) is 14. The van der Waals surface area contributed by atoms with E-state index in [9.17, 15) is 29.1 Å². The van der Waals surface area contributed by atoms with Crippen molar-refractivity contribution in [2.45, 2.75) is 129 Å². The van der Waals surface area contributed by atoms with Crippen LogP contribution in [0.3, 0.4) is 0 Å². The molecule has 3 aromatic heterocycles. The topological polar surface area (TPSA) is 204 Å². The zero-order valence-electron chi connectivity index (χ0n) is 45.5. The average Bonchev–Trinajstić information content (AvgIpc) is 3.96. The lowest BCUT2D eigenvalue weighted by atomic mass is 9.84. The van der Waals surface area contributed by atoms with Gasteiger partial charge in [0, 0.05) is 85.7 Å². The van der Waals surface area contributed by atoms with Crippen LogP contribution >= 0.6 is 11.3 Å². The molecule has 1 spiro atoms. The van der Waals surface area contributed by atoms with E-state index in [1.807, 2.05) is 85.0 Å². The number of pyridine rings is 1. The molecule has 20 heteroatoms. The van der Waals surface area contributed by atoms with Crippen LogP contribution < -0.4 is 10.7 Å². The number of cyclic esters (lactones) is 1. The van der Waals surface area contributed by atoms with Gasteiger partial charge in [0.15, 0.2) is 5.72 Å². The number of methoxy groups -OCH3 is 1. The summed E-state index contributed by atoms with van der Waals surface area (Å²) in [4.78, 5) is 87.9. The molecule has 4 atom stereocenters. The lowest BCUT2D eigenvalue weighted by Crippen LogP contribution is -2.76. The number of aromatic nitrogens is 3. The van der Waals surface area contributed by atoms with Crippen molar-refractivity contribution in [2.24, 2.45) is 11.3 Å². The number of aliphatic hydroxyl groups is 1. The molecule has 0 unspecified atom stereocenters. The summed E-state index contributed by atoms with van der Waals surface area (Å²) in [6, 6.07) is 7.46. The fourth-order valence-electron chi connectivity index (χ4n) is 10.5. The Bertz CT molecular complexity index is 2900. The largest absolute Gasteiger partial charge is 0.462 e. The quantitative estimate of drug-likeness (QED) is 0.146. The van der Waals surface area contributed by atoms with Crippen molar-refractivity contribution in [1.29, 1.82) is 0 Å². The Balaban J connectivity index is 1.12. The number of hydrazine groups is 1. The Morgan fingerprint density at radius 3 is 2.53 bits per heavy atom. The Morgan fingerprint density at radius 1 is 1.09 bits per heavy atom. The number of carbonyl (C=O) groups is 5. The minimum Gasteiger partial charge on any atom is -0.462 e. The third-order valence-electron chi connectivity index (χ3n) is 15.2. The fraction of sp³-hybridized carbons (Fsp3) is 0.582. The summed E-state index contributed by atoms with van der Waals surface area (Å²) in [5.74, 6) is 2.87. The first-order valence-electron chi connectivity index (χ1n) is 26.0. The number of likely N-dealkylation sites (N-methyl/N-ethyl adjacent to an activating group) is 1. The average molecular weight is 1050 g/mol. The number of benzene rings is 1. The Kier molecular flexibility index (Phi) is 15.9. The molecule has 4 aliphatic heterocycles. The summed E-state index contributed by atoms with van der Waals surface area (Å²) < 4.78 is 20.3. The van der Waals surface area contributed by atoms with E-state index < -0.39 is 64.2 Å². The van der Waals surface area contributed by atoms with Crippen molar-refractivity contribution in [1.82, 2.24) is 49.9 Å². The van der Waals surface area contributed by atoms with Crippen LogP contribution in [0.15, 0.2) is 41.9 Å². The van der Waals surface area contributed by atoms with Gasteiger partial charge in [-0.25, -0.2) is 14.6 Å². The van der Waals surface area contributed by atoms with Crippen molar-refractivity contribution in [3.63, 3.8) is 0 Å². The summed E-state index contributed by atoms with van der Waals surface area (Å²) in [6.07, 6.45) is 2.68. The normalized spacial score (nSPS) is 21.7. The molecule has 7 heterocycles. The van der Waals surface area contributed by atoms with Crippen LogP contribution in [-0.2, 0) is 52.8 Å². The molecule has 4 aliphatic rings. The molecule has 404 valence electrons. The predicted octanol–water partition coefficient (Wildman–Crippen LogP) is 5.20. The monoisotopic (exact) mass is 1050 g/mol. The molecule has 4 aromatic rings. The van der Waals surface area contributed by atoms with Crippen molar-refractivity contribution < 1.29 is 43.3 Å². The van der Waals surface area contributed by atoms with Gasteiger partial charge in [-0.3, -0.25) is 34.2 Å². The first-order chi connectivity index (χ1) is 35.4. The van der Waals surface area contributed by atoms with Gasteiger partial charge in [0.1, 0.15) is 12.1 Å². The maximum absolute atomic E-state index is 14.9. The molecule has 3 fully saturated rings. The van der Waals surface area contributed by atoms with E-state index in [1.165, 1.54) is 21.2 Å². The molecule has 8 rings (SSSR count). The molecule has 0 aliphatic carbocycles. The van der Waals surface area contributed by atoms with Gasteiger partial charge < -0.3 is 39.0 Å². The highest BCUT2D eigenvalue weighted by atomic mass is 32.1. The number of amides is 5. The minimum absolute atomic E-state index is 0.0285. The lowest BCUT2D eigenvalue weighted by molar-refractivity contribution is -0.233. The van der Waals surface area contributed by atoms with Crippen LogP contribution in [0.1, 0.15) is 97.0 Å². The van der Waals surface area contributed by atoms with Crippen LogP contribution in [0.2, 0.25) is 0 Å². The maximum Gasteiger partial charge on any atom is 0.355 e. The van der Waals surface area contributed by atoms with Crippen molar-refractivity contribution in [3.05, 3.63) is 58.2 Å². The van der Waals surface area contributed by atoms with Crippen LogP contribution in [-0.4, -0.2) is 171 Å². The standard InChI is InChI=1S/C55H74N10O9S/c1-13-63-42-19-18-36-27-38(42)39(47(63)37-17-14-23-56-45(37)35(4)72-12)29-52(5,6)33-73-50(69)55(71)21-15-25-65(59-55)49(68)40(28-43-57-41(36)30-75-43)58-48(67)46(34(2)3)61(11)51(70)64-24-16-26-74-54(64)31-62(32-54)44(66)20-22-53(7,8)60(9)10/h14,17-19,23,27,30,34-35,40,46,59,71H,13,15-16,21,24-26,28-29,31-33H2,1-12H3,(H,58,67)/t35-,40-,46-,55-/m0/s1. The predicted molar refractivity (Wildman–Crippen MR) is 284 cm³/mol. The van der Waals surface area contributed by atoms with Crippen molar-refractivity contribution >= 4 is 52.0 Å². The van der Waals surface area contributed by atoms with Crippen LogP contribution in [0.25, 0.3) is 33.4 Å². The molecule has 0 saturated carbocycles. The number of thiazole rings is 1. The van der Waals surface area contributed by atoms with Gasteiger partial charge in [-0.15, -0.1) is 11.3 Å². The number of ether oxygens (including phenoxy) is 3.